The molecule has 0 aliphatic rings. The molecule has 3 heteroatoms. The molecule has 1 unspecified atom stereocenters. The lowest BCUT2D eigenvalue weighted by Gasteiger charge is -2.10. The molecule has 0 aromatic heterocycles. The summed E-state index contributed by atoms with van der Waals surface area (Å²) >= 11 is 5.89. The van der Waals surface area contributed by atoms with Crippen LogP contribution in [0, 0.1) is 0 Å². The molecule has 0 amide bonds. The van der Waals surface area contributed by atoms with Crippen molar-refractivity contribution < 1.29 is 4.43 Å². The zero-order valence-corrected chi connectivity index (χ0v) is 8.27. The summed E-state index contributed by atoms with van der Waals surface area (Å²) in [6.45, 7) is 6.18. The van der Waals surface area contributed by atoms with E-state index in [1.54, 1.807) is 0 Å². The van der Waals surface area contributed by atoms with Crippen molar-refractivity contribution in [3.63, 3.8) is 0 Å². The number of hydrogen-bond acceptors (Lipinski definition) is 1. The van der Waals surface area contributed by atoms with Crippen molar-refractivity contribution in [3.05, 3.63) is 0 Å². The molecule has 0 rings (SSSR count). The van der Waals surface area contributed by atoms with E-state index >= 15 is 0 Å². The highest BCUT2D eigenvalue weighted by atomic mass is 35.6. The van der Waals surface area contributed by atoms with Gasteiger partial charge in [-0.2, -0.15) is 0 Å². The van der Waals surface area contributed by atoms with E-state index in [0.29, 0.717) is 6.10 Å². The Bertz CT molecular complexity index is 68.1. The average molecular weight is 167 g/mol. The third kappa shape index (κ3) is 6.35. The summed E-state index contributed by atoms with van der Waals surface area (Å²) in [5.74, 6) is 0. The van der Waals surface area contributed by atoms with Crippen molar-refractivity contribution in [1.82, 2.24) is 0 Å². The minimum Gasteiger partial charge on any atom is -0.403 e. The molecule has 0 spiro atoms. The normalized spacial score (nSPS) is 14.3. The maximum absolute atomic E-state index is 5.89. The van der Waals surface area contributed by atoms with Crippen LogP contribution in [-0.2, 0) is 4.43 Å². The first kappa shape index (κ1) is 9.47. The molecule has 1 nitrogen and oxygen atoms in total. The van der Waals surface area contributed by atoms with Crippen molar-refractivity contribution >= 4 is 19.4 Å². The van der Waals surface area contributed by atoms with Crippen molar-refractivity contribution in [3.8, 4) is 0 Å². The van der Waals surface area contributed by atoms with Gasteiger partial charge in [-0.25, -0.2) is 0 Å². The van der Waals surface area contributed by atoms with Crippen LogP contribution in [-0.4, -0.2) is 14.5 Å². The fourth-order valence-corrected chi connectivity index (χ4v) is 3.04. The van der Waals surface area contributed by atoms with Gasteiger partial charge in [0.1, 0.15) is 0 Å². The highest BCUT2D eigenvalue weighted by Crippen LogP contribution is 2.05. The largest absolute Gasteiger partial charge is 0.403 e. The zero-order chi connectivity index (χ0) is 7.28. The number of rotatable bonds is 4. The van der Waals surface area contributed by atoms with Gasteiger partial charge in [-0.1, -0.05) is 13.3 Å². The summed E-state index contributed by atoms with van der Waals surface area (Å²) in [6, 6.07) is 1.08. The monoisotopic (exact) mass is 166 g/mol. The second-order valence-corrected chi connectivity index (χ2v) is 5.51. The summed E-state index contributed by atoms with van der Waals surface area (Å²) in [7, 11) is -1.29. The first-order chi connectivity index (χ1) is 4.16. The van der Waals surface area contributed by atoms with Crippen LogP contribution >= 0.6 is 11.1 Å². The predicted molar refractivity (Wildman–Crippen MR) is 44.3 cm³/mol. The summed E-state index contributed by atoms with van der Waals surface area (Å²) in [5.41, 5.74) is 0. The van der Waals surface area contributed by atoms with Gasteiger partial charge in [0.15, 0.2) is 0 Å². The molecule has 0 saturated carbocycles. The van der Waals surface area contributed by atoms with Gasteiger partial charge in [-0.3, -0.25) is 0 Å². The van der Waals surface area contributed by atoms with E-state index in [-0.39, 0.29) is 0 Å². The van der Waals surface area contributed by atoms with E-state index < -0.39 is 8.35 Å². The lowest BCUT2D eigenvalue weighted by atomic mass is 10.5. The fourth-order valence-electron chi connectivity index (χ4n) is 0.590. The Hall–Kier alpha value is 0.467. The van der Waals surface area contributed by atoms with Crippen LogP contribution < -0.4 is 0 Å². The van der Waals surface area contributed by atoms with Gasteiger partial charge in [-0.15, -0.1) is 11.1 Å². The molecule has 0 aromatic rings. The Balaban J connectivity index is 3.15. The summed E-state index contributed by atoms with van der Waals surface area (Å²) in [4.78, 5) is 0. The van der Waals surface area contributed by atoms with Crippen LogP contribution in [0.3, 0.4) is 0 Å². The average Bonchev–Trinajstić information content (AvgIpc) is 1.63. The van der Waals surface area contributed by atoms with Crippen LogP contribution in [0.1, 0.15) is 27.2 Å². The van der Waals surface area contributed by atoms with Gasteiger partial charge in [0.05, 0.1) is 0 Å². The van der Waals surface area contributed by atoms with E-state index in [2.05, 4.69) is 6.92 Å². The van der Waals surface area contributed by atoms with Gasteiger partial charge in [0.2, 0.25) is 0 Å². The van der Waals surface area contributed by atoms with Gasteiger partial charge in [-0.05, 0) is 19.9 Å². The van der Waals surface area contributed by atoms with E-state index in [0.717, 1.165) is 12.5 Å². The molecule has 0 bridgehead atoms. The fraction of sp³-hybridized carbons (Fsp3) is 1.00. The minimum absolute atomic E-state index is 0.311. The third-order valence-corrected chi connectivity index (χ3v) is 3.77. The molecule has 0 heterocycles. The van der Waals surface area contributed by atoms with Gasteiger partial charge in [0, 0.05) is 6.10 Å². The molecule has 0 aromatic carbocycles. The maximum Gasteiger partial charge on any atom is 0.274 e. The van der Waals surface area contributed by atoms with E-state index in [9.17, 15) is 0 Å². The molecule has 0 fully saturated rings. The van der Waals surface area contributed by atoms with E-state index in [1.807, 2.05) is 13.8 Å². The molecular formula is C6H15ClOSi. The van der Waals surface area contributed by atoms with Crippen LogP contribution in [0.5, 0.6) is 0 Å². The molecule has 0 aliphatic carbocycles. The molecule has 0 aliphatic heterocycles. The van der Waals surface area contributed by atoms with Crippen molar-refractivity contribution in [2.75, 3.05) is 0 Å². The first-order valence-electron chi connectivity index (χ1n) is 3.46. The summed E-state index contributed by atoms with van der Waals surface area (Å²) in [5, 5.41) is 0. The van der Waals surface area contributed by atoms with E-state index in [4.69, 9.17) is 15.5 Å². The smallest absolute Gasteiger partial charge is 0.274 e. The standard InChI is InChI=1S/C6H15ClOSi/c1-4-5-9(7)8-6(2)3/h6,9H,4-5H2,1-3H3. The van der Waals surface area contributed by atoms with Crippen molar-refractivity contribution in [2.24, 2.45) is 0 Å². The zero-order valence-electron chi connectivity index (χ0n) is 6.36. The van der Waals surface area contributed by atoms with Gasteiger partial charge >= 0.3 is 0 Å². The van der Waals surface area contributed by atoms with E-state index in [1.165, 1.54) is 0 Å². The van der Waals surface area contributed by atoms with Crippen LogP contribution in [0.15, 0.2) is 0 Å². The molecule has 0 N–H and O–H groups in total. The topological polar surface area (TPSA) is 9.23 Å². The highest BCUT2D eigenvalue weighted by Gasteiger charge is 2.07. The second kappa shape index (κ2) is 5.27. The minimum atomic E-state index is -1.29. The first-order valence-corrected chi connectivity index (χ1v) is 6.49. The highest BCUT2D eigenvalue weighted by molar-refractivity contribution is 7.03. The van der Waals surface area contributed by atoms with Crippen LogP contribution in [0.4, 0.5) is 0 Å². The molecular weight excluding hydrogens is 152 g/mol. The Morgan fingerprint density at radius 1 is 1.56 bits per heavy atom. The van der Waals surface area contributed by atoms with Crippen molar-refractivity contribution in [2.45, 2.75) is 39.3 Å². The molecule has 0 saturated heterocycles. The van der Waals surface area contributed by atoms with Gasteiger partial charge in [0.25, 0.3) is 8.35 Å². The van der Waals surface area contributed by atoms with Crippen LogP contribution in [0.25, 0.3) is 0 Å². The second-order valence-electron chi connectivity index (χ2n) is 2.38. The molecule has 0 radical (unpaired) electrons. The lowest BCUT2D eigenvalue weighted by molar-refractivity contribution is 0.250. The maximum atomic E-state index is 5.89. The SMILES string of the molecule is CCC[SiH](Cl)OC(C)C. The van der Waals surface area contributed by atoms with Crippen molar-refractivity contribution in [1.29, 1.82) is 0 Å². The Kier molecular flexibility index (Phi) is 5.54. The Morgan fingerprint density at radius 3 is 2.44 bits per heavy atom. The Labute approximate surface area is 63.8 Å². The lowest BCUT2D eigenvalue weighted by Crippen LogP contribution is -2.15. The van der Waals surface area contributed by atoms with Crippen LogP contribution in [0.2, 0.25) is 6.04 Å². The summed E-state index contributed by atoms with van der Waals surface area (Å²) < 4.78 is 5.39. The molecule has 9 heavy (non-hydrogen) atoms. The number of hydrogen-bond donors (Lipinski definition) is 0. The third-order valence-electron chi connectivity index (χ3n) is 0.935. The number of halogens is 1. The molecule has 1 atom stereocenters. The Morgan fingerprint density at radius 2 is 2.11 bits per heavy atom. The quantitative estimate of drug-likeness (QED) is 0.460. The summed E-state index contributed by atoms with van der Waals surface area (Å²) in [6.07, 6.45) is 1.46. The predicted octanol–water partition coefficient (Wildman–Crippen LogP) is 2.28. The van der Waals surface area contributed by atoms with Gasteiger partial charge < -0.3 is 4.43 Å². The molecule has 56 valence electrons.